The second-order valence-corrected chi connectivity index (χ2v) is 3.58. The maximum Gasteiger partial charge on any atom is 0.266 e. The average molecular weight is 179 g/mol. The van der Waals surface area contributed by atoms with Crippen LogP contribution in [0.15, 0.2) is 10.9 Å². The zero-order valence-corrected chi connectivity index (χ0v) is 7.66. The van der Waals surface area contributed by atoms with Crippen LogP contribution < -0.4 is 11.3 Å². The van der Waals surface area contributed by atoms with Gasteiger partial charge in [0.25, 0.3) is 5.56 Å². The maximum absolute atomic E-state index is 11.3. The third-order valence-electron chi connectivity index (χ3n) is 2.49. The van der Waals surface area contributed by atoms with Gasteiger partial charge in [-0.05, 0) is 24.8 Å². The molecule has 4 heteroatoms. The molecule has 0 aliphatic heterocycles. The molecule has 70 valence electrons. The number of fused-ring (bicyclic) bond motifs is 1. The van der Waals surface area contributed by atoms with Gasteiger partial charge in [0.15, 0.2) is 0 Å². The highest BCUT2D eigenvalue weighted by Gasteiger charge is 2.17. The molecule has 1 atom stereocenters. The summed E-state index contributed by atoms with van der Waals surface area (Å²) in [5, 5.41) is 4.20. The molecule has 0 amide bonds. The van der Waals surface area contributed by atoms with Gasteiger partial charge in [-0.2, -0.15) is 5.10 Å². The molecule has 2 rings (SSSR count). The Kier molecular flexibility index (Phi) is 1.92. The molecule has 1 heterocycles. The molecule has 0 spiro atoms. The molecule has 0 radical (unpaired) electrons. The van der Waals surface area contributed by atoms with Gasteiger partial charge >= 0.3 is 0 Å². The van der Waals surface area contributed by atoms with Gasteiger partial charge in [-0.15, -0.1) is 0 Å². The number of nitrogens with zero attached hydrogens (tertiary/aromatic N) is 2. The minimum Gasteiger partial charge on any atom is -0.327 e. The van der Waals surface area contributed by atoms with Gasteiger partial charge in [0.05, 0.1) is 5.69 Å². The Hall–Kier alpha value is -1.16. The summed E-state index contributed by atoms with van der Waals surface area (Å²) >= 11 is 0. The first-order valence-corrected chi connectivity index (χ1v) is 4.48. The average Bonchev–Trinajstić information content (AvgIpc) is 2.08. The third kappa shape index (κ3) is 1.49. The minimum atomic E-state index is -0.0483. The number of aryl methyl sites for hydroxylation is 2. The number of hydrogen-bond acceptors (Lipinski definition) is 3. The van der Waals surface area contributed by atoms with Gasteiger partial charge < -0.3 is 5.73 Å². The normalized spacial score (nSPS) is 21.2. The predicted molar refractivity (Wildman–Crippen MR) is 49.5 cm³/mol. The summed E-state index contributed by atoms with van der Waals surface area (Å²) in [7, 11) is 1.68. The van der Waals surface area contributed by atoms with E-state index >= 15 is 0 Å². The first-order chi connectivity index (χ1) is 6.16. The Balaban J connectivity index is 2.49. The number of rotatable bonds is 0. The van der Waals surface area contributed by atoms with E-state index in [0.717, 1.165) is 30.5 Å². The molecule has 1 aliphatic carbocycles. The van der Waals surface area contributed by atoms with Crippen LogP contribution >= 0.6 is 0 Å². The summed E-state index contributed by atoms with van der Waals surface area (Å²) in [4.78, 5) is 11.3. The van der Waals surface area contributed by atoms with E-state index in [1.54, 1.807) is 13.1 Å². The van der Waals surface area contributed by atoms with E-state index in [1.165, 1.54) is 4.68 Å². The molecule has 2 N–H and O–H groups in total. The monoisotopic (exact) mass is 179 g/mol. The molecule has 1 aromatic heterocycles. The summed E-state index contributed by atoms with van der Waals surface area (Å²) in [5.74, 6) is 0. The van der Waals surface area contributed by atoms with Crippen LogP contribution in [0.1, 0.15) is 17.7 Å². The van der Waals surface area contributed by atoms with E-state index in [0.29, 0.717) is 0 Å². The van der Waals surface area contributed by atoms with E-state index in [2.05, 4.69) is 5.10 Å². The largest absolute Gasteiger partial charge is 0.327 e. The summed E-state index contributed by atoms with van der Waals surface area (Å²) < 4.78 is 1.38. The first kappa shape index (κ1) is 8.44. The highest BCUT2D eigenvalue weighted by molar-refractivity contribution is 5.22. The fraction of sp³-hybridized carbons (Fsp3) is 0.556. The van der Waals surface area contributed by atoms with Crippen molar-refractivity contribution in [2.75, 3.05) is 0 Å². The fourth-order valence-corrected chi connectivity index (χ4v) is 1.71. The topological polar surface area (TPSA) is 60.9 Å². The van der Waals surface area contributed by atoms with Crippen LogP contribution in [0.4, 0.5) is 0 Å². The molecule has 13 heavy (non-hydrogen) atoms. The fourth-order valence-electron chi connectivity index (χ4n) is 1.71. The molecular formula is C9H13N3O. The summed E-state index contributed by atoms with van der Waals surface area (Å²) in [6, 6.07) is 1.85. The molecule has 1 aliphatic rings. The number of nitrogens with two attached hydrogens (primary N) is 1. The molecule has 0 bridgehead atoms. The maximum atomic E-state index is 11.3. The van der Waals surface area contributed by atoms with Gasteiger partial charge in [0.1, 0.15) is 0 Å². The van der Waals surface area contributed by atoms with E-state index in [1.807, 2.05) is 0 Å². The Labute approximate surface area is 76.4 Å². The minimum absolute atomic E-state index is 0.0483. The van der Waals surface area contributed by atoms with Crippen molar-refractivity contribution < 1.29 is 0 Å². The second kappa shape index (κ2) is 2.96. The van der Waals surface area contributed by atoms with Crippen LogP contribution in [-0.4, -0.2) is 15.8 Å². The standard InChI is InChI=1S/C9H13N3O/c1-12-9(13)5-6-4-7(10)2-3-8(6)11-12/h5,7H,2-4,10H2,1H3/t7-/m0/s1. The van der Waals surface area contributed by atoms with Crippen LogP contribution in [0.3, 0.4) is 0 Å². The lowest BCUT2D eigenvalue weighted by Gasteiger charge is -2.20. The van der Waals surface area contributed by atoms with Gasteiger partial charge in [-0.3, -0.25) is 4.79 Å². The summed E-state index contributed by atoms with van der Waals surface area (Å²) in [5.41, 5.74) is 7.81. The van der Waals surface area contributed by atoms with Gasteiger partial charge in [-0.25, -0.2) is 4.68 Å². The zero-order valence-electron chi connectivity index (χ0n) is 7.66. The number of aromatic nitrogens is 2. The van der Waals surface area contributed by atoms with Crippen molar-refractivity contribution in [3.05, 3.63) is 27.7 Å². The van der Waals surface area contributed by atoms with Crippen LogP contribution in [0.2, 0.25) is 0 Å². The molecule has 0 saturated heterocycles. The van der Waals surface area contributed by atoms with Crippen molar-refractivity contribution in [1.29, 1.82) is 0 Å². The summed E-state index contributed by atoms with van der Waals surface area (Å²) in [6.07, 6.45) is 2.65. The Bertz CT molecular complexity index is 383. The Morgan fingerprint density at radius 2 is 2.46 bits per heavy atom. The molecule has 0 fully saturated rings. The van der Waals surface area contributed by atoms with Gasteiger partial charge in [0.2, 0.25) is 0 Å². The summed E-state index contributed by atoms with van der Waals surface area (Å²) in [6.45, 7) is 0. The van der Waals surface area contributed by atoms with Crippen molar-refractivity contribution >= 4 is 0 Å². The van der Waals surface area contributed by atoms with Crippen molar-refractivity contribution in [2.45, 2.75) is 25.3 Å². The van der Waals surface area contributed by atoms with E-state index < -0.39 is 0 Å². The lowest BCUT2D eigenvalue weighted by atomic mass is 9.93. The molecular weight excluding hydrogens is 166 g/mol. The Morgan fingerprint density at radius 1 is 1.69 bits per heavy atom. The lowest BCUT2D eigenvalue weighted by molar-refractivity contribution is 0.541. The molecule has 1 aromatic rings. The second-order valence-electron chi connectivity index (χ2n) is 3.58. The SMILES string of the molecule is Cn1nc2c(cc1=O)C[C@@H](N)CC2. The molecule has 0 unspecified atom stereocenters. The van der Waals surface area contributed by atoms with Gasteiger partial charge in [0, 0.05) is 19.2 Å². The Morgan fingerprint density at radius 3 is 3.23 bits per heavy atom. The van der Waals surface area contributed by atoms with Crippen molar-refractivity contribution in [2.24, 2.45) is 12.8 Å². The van der Waals surface area contributed by atoms with Crippen LogP contribution in [0.25, 0.3) is 0 Å². The molecule has 0 aromatic carbocycles. The van der Waals surface area contributed by atoms with Crippen molar-refractivity contribution in [3.8, 4) is 0 Å². The van der Waals surface area contributed by atoms with Crippen molar-refractivity contribution in [3.63, 3.8) is 0 Å². The number of hydrogen-bond donors (Lipinski definition) is 1. The van der Waals surface area contributed by atoms with Crippen molar-refractivity contribution in [1.82, 2.24) is 9.78 Å². The predicted octanol–water partition coefficient (Wildman–Crippen LogP) is -0.404. The molecule has 0 saturated carbocycles. The third-order valence-corrected chi connectivity index (χ3v) is 2.49. The smallest absolute Gasteiger partial charge is 0.266 e. The van der Waals surface area contributed by atoms with Crippen LogP contribution in [0, 0.1) is 0 Å². The molecule has 4 nitrogen and oxygen atoms in total. The lowest BCUT2D eigenvalue weighted by Crippen LogP contribution is -2.32. The quantitative estimate of drug-likeness (QED) is 0.589. The first-order valence-electron chi connectivity index (χ1n) is 4.48. The van der Waals surface area contributed by atoms with E-state index in [4.69, 9.17) is 5.73 Å². The highest BCUT2D eigenvalue weighted by Crippen LogP contribution is 2.15. The highest BCUT2D eigenvalue weighted by atomic mass is 16.1. The van der Waals surface area contributed by atoms with E-state index in [-0.39, 0.29) is 11.6 Å². The zero-order chi connectivity index (χ0) is 9.42. The van der Waals surface area contributed by atoms with Crippen LogP contribution in [0.5, 0.6) is 0 Å². The van der Waals surface area contributed by atoms with Gasteiger partial charge in [-0.1, -0.05) is 0 Å². The van der Waals surface area contributed by atoms with Crippen LogP contribution in [-0.2, 0) is 19.9 Å². The van der Waals surface area contributed by atoms with E-state index in [9.17, 15) is 4.79 Å².